The van der Waals surface area contributed by atoms with Gasteiger partial charge in [0.2, 0.25) is 0 Å². The van der Waals surface area contributed by atoms with E-state index in [2.05, 4.69) is 18.2 Å². The van der Waals surface area contributed by atoms with E-state index in [1.807, 2.05) is 0 Å². The van der Waals surface area contributed by atoms with Crippen molar-refractivity contribution < 1.29 is 4.70 Å². The molecule has 2 aliphatic carbocycles. The quantitative estimate of drug-likeness (QED) is 0.339. The minimum Gasteiger partial charge on any atom is -0.500 e. The topological polar surface area (TPSA) is 25.3 Å². The van der Waals surface area contributed by atoms with Gasteiger partial charge in [-0.3, -0.25) is 4.70 Å². The van der Waals surface area contributed by atoms with Crippen LogP contribution in [0.2, 0.25) is 0 Å². The normalized spacial score (nSPS) is 23.5. The van der Waals surface area contributed by atoms with Crippen LogP contribution in [-0.4, -0.2) is 10.7 Å². The maximum Gasteiger partial charge on any atom is 0.166 e. The standard InChI is InChI=1S/C18H30N2/c19-20(17-13-9-5-1-2-6-10-14-17)18-15-11-7-3-4-8-12-16-18/h1-2,15,17H,3-14,16H2. The molecule has 0 saturated carbocycles. The van der Waals surface area contributed by atoms with E-state index in [1.54, 1.807) is 4.70 Å². The van der Waals surface area contributed by atoms with Crippen molar-refractivity contribution in [3.05, 3.63) is 29.5 Å². The summed E-state index contributed by atoms with van der Waals surface area (Å²) in [5.74, 6) is 0. The molecule has 0 spiro atoms. The Hall–Kier alpha value is -0.920. The Kier molecular flexibility index (Phi) is 7.04. The molecule has 0 unspecified atom stereocenters. The molecule has 2 nitrogen and oxygen atoms in total. The molecule has 0 bridgehead atoms. The SMILES string of the molecule is [N-]=[N+](C1=CCCCCCCC1)C1CCCC=CCCC1. The Bertz CT molecular complexity index is 342. The fraction of sp³-hybridized carbons (Fsp3) is 0.778. The molecular formula is C18H30N2. The van der Waals surface area contributed by atoms with Crippen molar-refractivity contribution in [1.29, 1.82) is 0 Å². The summed E-state index contributed by atoms with van der Waals surface area (Å²) in [6, 6.07) is 0.335. The lowest BCUT2D eigenvalue weighted by molar-refractivity contribution is -0.544. The van der Waals surface area contributed by atoms with Crippen molar-refractivity contribution in [3.8, 4) is 0 Å². The van der Waals surface area contributed by atoms with Crippen molar-refractivity contribution in [1.82, 2.24) is 0 Å². The Labute approximate surface area is 124 Å². The lowest BCUT2D eigenvalue weighted by Gasteiger charge is -2.20. The minimum atomic E-state index is 0.335. The van der Waals surface area contributed by atoms with Gasteiger partial charge in [0.25, 0.3) is 0 Å². The lowest BCUT2D eigenvalue weighted by atomic mass is 10.0. The van der Waals surface area contributed by atoms with E-state index in [4.69, 9.17) is 0 Å². The maximum absolute atomic E-state index is 10.7. The molecule has 0 N–H and O–H groups in total. The van der Waals surface area contributed by atoms with Crippen molar-refractivity contribution in [2.45, 2.75) is 89.5 Å². The maximum atomic E-state index is 10.7. The van der Waals surface area contributed by atoms with Crippen LogP contribution in [0.25, 0.3) is 5.53 Å². The van der Waals surface area contributed by atoms with E-state index >= 15 is 0 Å². The van der Waals surface area contributed by atoms with Crippen molar-refractivity contribution >= 4 is 0 Å². The molecule has 0 radical (unpaired) electrons. The van der Waals surface area contributed by atoms with Crippen LogP contribution in [0, 0.1) is 0 Å². The van der Waals surface area contributed by atoms with Gasteiger partial charge in [-0.1, -0.05) is 31.4 Å². The summed E-state index contributed by atoms with van der Waals surface area (Å²) in [5.41, 5.74) is 11.9. The average Bonchev–Trinajstić information content (AvgIpc) is 2.69. The zero-order valence-electron chi connectivity index (χ0n) is 12.9. The van der Waals surface area contributed by atoms with Crippen LogP contribution in [0.15, 0.2) is 23.9 Å². The highest BCUT2D eigenvalue weighted by Gasteiger charge is 2.20. The second kappa shape index (κ2) is 9.10. The van der Waals surface area contributed by atoms with Gasteiger partial charge in [0.15, 0.2) is 5.70 Å². The Morgan fingerprint density at radius 2 is 1.45 bits per heavy atom. The minimum absolute atomic E-state index is 0.335. The Morgan fingerprint density at radius 3 is 2.20 bits per heavy atom. The van der Waals surface area contributed by atoms with Crippen LogP contribution in [0.4, 0.5) is 0 Å². The molecule has 0 aromatic rings. The molecule has 0 fully saturated rings. The molecule has 0 aromatic carbocycles. The van der Waals surface area contributed by atoms with Crippen LogP contribution < -0.4 is 0 Å². The second-order valence-electron chi connectivity index (χ2n) is 6.33. The highest BCUT2D eigenvalue weighted by atomic mass is 15.2. The first kappa shape index (κ1) is 15.5. The molecule has 0 heterocycles. The Balaban J connectivity index is 1.95. The highest BCUT2D eigenvalue weighted by molar-refractivity contribution is 4.93. The molecule has 0 aliphatic heterocycles. The molecule has 0 amide bonds. The summed E-state index contributed by atoms with van der Waals surface area (Å²) >= 11 is 0. The van der Waals surface area contributed by atoms with Gasteiger partial charge < -0.3 is 5.53 Å². The fourth-order valence-electron chi connectivity index (χ4n) is 3.36. The highest BCUT2D eigenvalue weighted by Crippen LogP contribution is 2.23. The van der Waals surface area contributed by atoms with Gasteiger partial charge in [0.1, 0.15) is 6.04 Å². The molecule has 0 atom stereocenters. The van der Waals surface area contributed by atoms with Gasteiger partial charge in [-0.25, -0.2) is 0 Å². The third-order valence-corrected chi connectivity index (χ3v) is 4.64. The van der Waals surface area contributed by atoms with E-state index in [-0.39, 0.29) is 0 Å². The summed E-state index contributed by atoms with van der Waals surface area (Å²) in [4.78, 5) is 0. The number of rotatable bonds is 2. The summed E-state index contributed by atoms with van der Waals surface area (Å²) in [5, 5.41) is 0. The number of allylic oxidation sites excluding steroid dienone is 4. The van der Waals surface area contributed by atoms with Crippen LogP contribution in [0.3, 0.4) is 0 Å². The predicted molar refractivity (Wildman–Crippen MR) is 84.7 cm³/mol. The fourth-order valence-corrected chi connectivity index (χ4v) is 3.36. The van der Waals surface area contributed by atoms with E-state index < -0.39 is 0 Å². The van der Waals surface area contributed by atoms with E-state index in [1.165, 1.54) is 63.5 Å². The molecule has 112 valence electrons. The van der Waals surface area contributed by atoms with Crippen LogP contribution in [0.5, 0.6) is 0 Å². The van der Waals surface area contributed by atoms with Gasteiger partial charge in [-0.2, -0.15) is 0 Å². The number of hydrogen-bond acceptors (Lipinski definition) is 0. The lowest BCUT2D eigenvalue weighted by Crippen LogP contribution is -2.23. The van der Waals surface area contributed by atoms with Gasteiger partial charge in [-0.15, -0.1) is 0 Å². The van der Waals surface area contributed by atoms with Gasteiger partial charge in [-0.05, 0) is 51.0 Å². The summed E-state index contributed by atoms with van der Waals surface area (Å²) < 4.78 is 1.65. The molecular weight excluding hydrogens is 244 g/mol. The van der Waals surface area contributed by atoms with Crippen molar-refractivity contribution in [2.75, 3.05) is 0 Å². The second-order valence-corrected chi connectivity index (χ2v) is 6.33. The van der Waals surface area contributed by atoms with Crippen LogP contribution in [0.1, 0.15) is 83.5 Å². The van der Waals surface area contributed by atoms with Crippen LogP contribution >= 0.6 is 0 Å². The summed E-state index contributed by atoms with van der Waals surface area (Å²) in [6.07, 6.45) is 22.7. The zero-order chi connectivity index (χ0) is 14.0. The zero-order valence-corrected chi connectivity index (χ0v) is 12.9. The third kappa shape index (κ3) is 5.22. The predicted octanol–water partition coefficient (Wildman–Crippen LogP) is 5.93. The molecule has 2 heteroatoms. The van der Waals surface area contributed by atoms with Gasteiger partial charge >= 0.3 is 0 Å². The van der Waals surface area contributed by atoms with Crippen molar-refractivity contribution in [3.63, 3.8) is 0 Å². The first-order valence-corrected chi connectivity index (χ1v) is 8.70. The van der Waals surface area contributed by atoms with E-state index in [9.17, 15) is 5.53 Å². The molecule has 0 aromatic heterocycles. The summed E-state index contributed by atoms with van der Waals surface area (Å²) in [7, 11) is 0. The van der Waals surface area contributed by atoms with Gasteiger partial charge in [0.05, 0.1) is 0 Å². The first-order chi connectivity index (χ1) is 9.88. The smallest absolute Gasteiger partial charge is 0.166 e. The summed E-state index contributed by atoms with van der Waals surface area (Å²) in [6.45, 7) is 0. The third-order valence-electron chi connectivity index (χ3n) is 4.64. The number of nitrogens with zero attached hydrogens (tertiary/aromatic N) is 2. The van der Waals surface area contributed by atoms with E-state index in [0.717, 1.165) is 25.7 Å². The monoisotopic (exact) mass is 274 g/mol. The van der Waals surface area contributed by atoms with Crippen LogP contribution in [-0.2, 0) is 0 Å². The number of hydrogen-bond donors (Lipinski definition) is 0. The molecule has 20 heavy (non-hydrogen) atoms. The molecule has 0 saturated heterocycles. The van der Waals surface area contributed by atoms with Crippen molar-refractivity contribution in [2.24, 2.45) is 0 Å². The van der Waals surface area contributed by atoms with Gasteiger partial charge in [0, 0.05) is 19.3 Å². The first-order valence-electron chi connectivity index (χ1n) is 8.70. The average molecular weight is 274 g/mol. The van der Waals surface area contributed by atoms with E-state index in [0.29, 0.717) is 6.04 Å². The molecule has 2 rings (SSSR count). The Morgan fingerprint density at radius 1 is 0.800 bits per heavy atom. The molecule has 2 aliphatic rings. The largest absolute Gasteiger partial charge is 0.500 e.